The molecule has 0 aromatic carbocycles. The van der Waals surface area contributed by atoms with Crippen LogP contribution in [0.15, 0.2) is 0 Å². The number of unbranched alkanes of at least 4 members (excludes halogenated alkanes) is 16. The number of hydrogen-bond donors (Lipinski definition) is 0. The van der Waals surface area contributed by atoms with Crippen LogP contribution in [0.4, 0.5) is 0 Å². The molecule has 1 atom stereocenters. The summed E-state index contributed by atoms with van der Waals surface area (Å²) in [5.74, 6) is 0.796. The quantitative estimate of drug-likeness (QED) is 0.138. The Labute approximate surface area is 211 Å². The van der Waals surface area contributed by atoms with Gasteiger partial charge >= 0.3 is 0 Å². The Morgan fingerprint density at radius 1 is 0.455 bits per heavy atom. The van der Waals surface area contributed by atoms with E-state index in [1.54, 1.807) is 28.4 Å². The fraction of sp³-hybridized carbons (Fsp3) is 1.00. The van der Waals surface area contributed by atoms with Crippen LogP contribution in [-0.4, -0.2) is 41.7 Å². The van der Waals surface area contributed by atoms with Crippen LogP contribution in [0.5, 0.6) is 0 Å². The smallest absolute Gasteiger partial charge is 0.0490 e. The lowest BCUT2D eigenvalue weighted by atomic mass is 10.0. The van der Waals surface area contributed by atoms with E-state index in [9.17, 15) is 0 Å². The first-order valence-corrected chi connectivity index (χ1v) is 14.6. The maximum absolute atomic E-state index is 5.09. The van der Waals surface area contributed by atoms with Gasteiger partial charge in [-0.2, -0.15) is 0 Å². The van der Waals surface area contributed by atoms with E-state index in [0.717, 1.165) is 19.1 Å². The summed E-state index contributed by atoms with van der Waals surface area (Å²) in [5.41, 5.74) is 0. The molecule has 33 heavy (non-hydrogen) atoms. The molecule has 0 bridgehead atoms. The molecule has 0 aliphatic rings. The van der Waals surface area contributed by atoms with Gasteiger partial charge in [0.1, 0.15) is 0 Å². The lowest BCUT2D eigenvalue weighted by molar-refractivity contribution is 0.144. The summed E-state index contributed by atoms with van der Waals surface area (Å²) in [7, 11) is 6.83. The SMILES string of the molecule is CCCCC(CC)COC.CCCCCCCCCCCCCCCCCCOC.COC. The molecule has 3 heteroatoms. The summed E-state index contributed by atoms with van der Waals surface area (Å²) in [5, 5.41) is 0. The van der Waals surface area contributed by atoms with E-state index in [1.165, 1.54) is 128 Å². The minimum absolute atomic E-state index is 0.796. The third kappa shape index (κ3) is 42.5. The van der Waals surface area contributed by atoms with Crippen molar-refractivity contribution in [3.8, 4) is 0 Å². The van der Waals surface area contributed by atoms with Crippen LogP contribution < -0.4 is 0 Å². The Morgan fingerprint density at radius 3 is 1.12 bits per heavy atom. The molecule has 0 rings (SSSR count). The van der Waals surface area contributed by atoms with Gasteiger partial charge in [-0.3, -0.25) is 0 Å². The molecule has 204 valence electrons. The van der Waals surface area contributed by atoms with Gasteiger partial charge in [-0.1, -0.05) is 136 Å². The first kappa shape index (κ1) is 37.4. The van der Waals surface area contributed by atoms with Crippen LogP contribution in [0.2, 0.25) is 0 Å². The van der Waals surface area contributed by atoms with Gasteiger partial charge in [-0.15, -0.1) is 0 Å². The third-order valence-electron chi connectivity index (χ3n) is 6.15. The fourth-order valence-corrected chi connectivity index (χ4v) is 3.93. The average Bonchev–Trinajstić information content (AvgIpc) is 2.82. The summed E-state index contributed by atoms with van der Waals surface area (Å²) in [6.07, 6.45) is 28.2. The molecule has 0 aromatic heterocycles. The van der Waals surface area contributed by atoms with Crippen molar-refractivity contribution in [3.05, 3.63) is 0 Å². The van der Waals surface area contributed by atoms with E-state index in [0.29, 0.717) is 0 Å². The second-order valence-corrected chi connectivity index (χ2v) is 9.58. The second-order valence-electron chi connectivity index (χ2n) is 9.58. The summed E-state index contributed by atoms with van der Waals surface area (Å²) < 4.78 is 14.4. The topological polar surface area (TPSA) is 27.7 Å². The van der Waals surface area contributed by atoms with E-state index < -0.39 is 0 Å². The molecular formula is C30H66O3. The maximum Gasteiger partial charge on any atom is 0.0490 e. The van der Waals surface area contributed by atoms with Crippen LogP contribution in [0.1, 0.15) is 149 Å². The monoisotopic (exact) mass is 475 g/mol. The standard InChI is InChI=1S/C19H40O.C9H20O.C2H6O/c1-3-4-5-6-7-8-9-10-11-12-13-14-15-16-17-18-19-20-2;1-4-6-7-9(5-2)8-10-3;1-3-2/h3-19H2,1-2H3;9H,4-8H2,1-3H3;1-2H3. The summed E-state index contributed by atoms with van der Waals surface area (Å²) in [6, 6.07) is 0. The number of rotatable bonds is 23. The van der Waals surface area contributed by atoms with Crippen molar-refractivity contribution in [2.45, 2.75) is 149 Å². The highest BCUT2D eigenvalue weighted by Crippen LogP contribution is 2.14. The Morgan fingerprint density at radius 2 is 0.818 bits per heavy atom. The van der Waals surface area contributed by atoms with E-state index in [1.807, 2.05) is 0 Å². The van der Waals surface area contributed by atoms with E-state index in [4.69, 9.17) is 9.47 Å². The summed E-state index contributed by atoms with van der Waals surface area (Å²) >= 11 is 0. The lowest BCUT2D eigenvalue weighted by Crippen LogP contribution is -2.06. The van der Waals surface area contributed by atoms with Crippen LogP contribution in [0.25, 0.3) is 0 Å². The van der Waals surface area contributed by atoms with Gasteiger partial charge in [0.25, 0.3) is 0 Å². The molecule has 0 aliphatic heterocycles. The zero-order valence-electron chi connectivity index (χ0n) is 24.4. The molecule has 0 amide bonds. The molecule has 0 spiro atoms. The van der Waals surface area contributed by atoms with Gasteiger partial charge in [-0.25, -0.2) is 0 Å². The minimum Gasteiger partial charge on any atom is -0.388 e. The normalized spacial score (nSPS) is 11.4. The predicted octanol–water partition coefficient (Wildman–Crippen LogP) is 10.0. The van der Waals surface area contributed by atoms with Crippen molar-refractivity contribution in [3.63, 3.8) is 0 Å². The Balaban J connectivity index is -0.000000576. The number of methoxy groups -OCH3 is 3. The molecule has 0 fully saturated rings. The van der Waals surface area contributed by atoms with E-state index in [2.05, 4.69) is 25.5 Å². The largest absolute Gasteiger partial charge is 0.388 e. The molecule has 0 heterocycles. The van der Waals surface area contributed by atoms with Gasteiger partial charge < -0.3 is 14.2 Å². The molecule has 3 nitrogen and oxygen atoms in total. The van der Waals surface area contributed by atoms with Gasteiger partial charge in [0, 0.05) is 41.7 Å². The van der Waals surface area contributed by atoms with Crippen LogP contribution in [0, 0.1) is 5.92 Å². The highest BCUT2D eigenvalue weighted by atomic mass is 16.5. The van der Waals surface area contributed by atoms with Crippen molar-refractivity contribution in [2.24, 2.45) is 5.92 Å². The highest BCUT2D eigenvalue weighted by Gasteiger charge is 2.03. The molecular weight excluding hydrogens is 408 g/mol. The molecule has 0 N–H and O–H groups in total. The second kappa shape index (κ2) is 39.1. The van der Waals surface area contributed by atoms with Crippen molar-refractivity contribution < 1.29 is 14.2 Å². The fourth-order valence-electron chi connectivity index (χ4n) is 3.93. The van der Waals surface area contributed by atoms with Crippen molar-refractivity contribution in [1.82, 2.24) is 0 Å². The maximum atomic E-state index is 5.09. The van der Waals surface area contributed by atoms with Crippen LogP contribution >= 0.6 is 0 Å². The number of ether oxygens (including phenoxy) is 3. The van der Waals surface area contributed by atoms with Crippen LogP contribution in [0.3, 0.4) is 0 Å². The van der Waals surface area contributed by atoms with Gasteiger partial charge in [0.05, 0.1) is 0 Å². The Kier molecular flexibility index (Phi) is 44.4. The summed E-state index contributed by atoms with van der Waals surface area (Å²) in [4.78, 5) is 0. The highest BCUT2D eigenvalue weighted by molar-refractivity contribution is 4.54. The molecule has 0 aromatic rings. The van der Waals surface area contributed by atoms with E-state index in [-0.39, 0.29) is 0 Å². The average molecular weight is 475 g/mol. The molecule has 0 radical (unpaired) electrons. The van der Waals surface area contributed by atoms with Crippen molar-refractivity contribution >= 4 is 0 Å². The third-order valence-corrected chi connectivity index (χ3v) is 6.15. The first-order valence-electron chi connectivity index (χ1n) is 14.6. The predicted molar refractivity (Wildman–Crippen MR) is 150 cm³/mol. The molecule has 1 unspecified atom stereocenters. The Hall–Kier alpha value is -0.120. The number of hydrogen-bond acceptors (Lipinski definition) is 3. The zero-order valence-corrected chi connectivity index (χ0v) is 24.4. The first-order chi connectivity index (χ1) is 16.2. The lowest BCUT2D eigenvalue weighted by Gasteiger charge is -2.11. The van der Waals surface area contributed by atoms with Crippen LogP contribution in [-0.2, 0) is 14.2 Å². The van der Waals surface area contributed by atoms with Crippen molar-refractivity contribution in [1.29, 1.82) is 0 Å². The molecule has 0 saturated heterocycles. The van der Waals surface area contributed by atoms with Gasteiger partial charge in [0.15, 0.2) is 0 Å². The van der Waals surface area contributed by atoms with E-state index >= 15 is 0 Å². The molecule has 0 aliphatic carbocycles. The minimum atomic E-state index is 0.796. The van der Waals surface area contributed by atoms with Gasteiger partial charge in [-0.05, 0) is 18.8 Å². The van der Waals surface area contributed by atoms with Gasteiger partial charge in [0.2, 0.25) is 0 Å². The molecule has 0 saturated carbocycles. The Bertz CT molecular complexity index is 266. The zero-order chi connectivity index (χ0) is 25.3. The van der Waals surface area contributed by atoms with Crippen molar-refractivity contribution in [2.75, 3.05) is 41.7 Å². The summed E-state index contributed by atoms with van der Waals surface area (Å²) in [6.45, 7) is 8.65.